The minimum atomic E-state index is -0.546. The maximum absolute atomic E-state index is 10.7. The van der Waals surface area contributed by atoms with Crippen LogP contribution in [0, 0.1) is 10.1 Å². The molecule has 0 fully saturated rings. The van der Waals surface area contributed by atoms with E-state index >= 15 is 0 Å². The summed E-state index contributed by atoms with van der Waals surface area (Å²) in [6.45, 7) is 0.139. The summed E-state index contributed by atoms with van der Waals surface area (Å²) in [5, 5.41) is 11.6. The first kappa shape index (κ1) is 15.7. The third-order valence-corrected chi connectivity index (χ3v) is 3.68. The molecule has 0 aliphatic rings. The molecule has 0 aliphatic carbocycles. The number of anilines is 1. The van der Waals surface area contributed by atoms with Gasteiger partial charge in [0.05, 0.1) is 20.0 Å². The lowest BCUT2D eigenvalue weighted by Gasteiger charge is -2.10. The summed E-state index contributed by atoms with van der Waals surface area (Å²) in [4.78, 5) is 10.1. The van der Waals surface area contributed by atoms with Crippen LogP contribution in [0.4, 0.5) is 11.4 Å². The number of nitrogen functional groups attached to an aromatic ring is 1. The van der Waals surface area contributed by atoms with Crippen LogP contribution in [0.3, 0.4) is 0 Å². The van der Waals surface area contributed by atoms with E-state index in [9.17, 15) is 10.1 Å². The van der Waals surface area contributed by atoms with E-state index in [0.717, 1.165) is 0 Å². The number of nitro groups is 1. The van der Waals surface area contributed by atoms with Gasteiger partial charge in [0.2, 0.25) is 0 Å². The zero-order valence-corrected chi connectivity index (χ0v) is 12.7. The number of hydrogen-bond acceptors (Lipinski definition) is 4. The normalized spacial score (nSPS) is 10.4. The zero-order chi connectivity index (χ0) is 15.6. The van der Waals surface area contributed by atoms with Crippen LogP contribution in [-0.4, -0.2) is 4.92 Å². The summed E-state index contributed by atoms with van der Waals surface area (Å²) < 4.78 is 5.51. The van der Waals surface area contributed by atoms with E-state index in [4.69, 9.17) is 45.3 Å². The topological polar surface area (TPSA) is 78.4 Å². The number of benzene rings is 2. The van der Waals surface area contributed by atoms with Gasteiger partial charge in [0.15, 0.2) is 0 Å². The van der Waals surface area contributed by atoms with E-state index in [1.54, 1.807) is 6.07 Å². The number of nitrogens with two attached hydrogens (primary N) is 1. The number of halogens is 3. The lowest BCUT2D eigenvalue weighted by atomic mass is 10.2. The first-order valence-electron chi connectivity index (χ1n) is 5.68. The second-order valence-corrected chi connectivity index (χ2v) is 5.36. The Kier molecular flexibility index (Phi) is 4.77. The number of hydrogen-bond donors (Lipinski definition) is 1. The molecule has 0 bridgehead atoms. The summed E-state index contributed by atoms with van der Waals surface area (Å²) in [7, 11) is 0. The molecule has 0 unspecified atom stereocenters. The van der Waals surface area contributed by atoms with Gasteiger partial charge in [-0.05, 0) is 23.8 Å². The van der Waals surface area contributed by atoms with Crippen LogP contribution in [0.15, 0.2) is 30.3 Å². The minimum absolute atomic E-state index is 0.0707. The van der Waals surface area contributed by atoms with Gasteiger partial charge in [-0.1, -0.05) is 34.8 Å². The van der Waals surface area contributed by atoms with E-state index in [-0.39, 0.29) is 18.0 Å². The SMILES string of the molecule is Nc1cc(COc2cc(Cl)c(Cl)cc2Cl)ccc1[N+](=O)[O-]. The molecule has 2 N–H and O–H groups in total. The highest BCUT2D eigenvalue weighted by Gasteiger charge is 2.12. The van der Waals surface area contributed by atoms with Gasteiger partial charge in [0.25, 0.3) is 5.69 Å². The van der Waals surface area contributed by atoms with Crippen molar-refractivity contribution in [1.82, 2.24) is 0 Å². The fourth-order valence-corrected chi connectivity index (χ4v) is 2.23. The molecule has 2 aromatic rings. The monoisotopic (exact) mass is 346 g/mol. The first-order valence-corrected chi connectivity index (χ1v) is 6.82. The largest absolute Gasteiger partial charge is 0.487 e. The van der Waals surface area contributed by atoms with Gasteiger partial charge >= 0.3 is 0 Å². The summed E-state index contributed by atoms with van der Waals surface area (Å²) in [5.74, 6) is 0.364. The van der Waals surface area contributed by atoms with Crippen LogP contribution >= 0.6 is 34.8 Å². The molecule has 21 heavy (non-hydrogen) atoms. The molecule has 0 saturated heterocycles. The number of nitro benzene ring substituents is 1. The van der Waals surface area contributed by atoms with Gasteiger partial charge in [-0.2, -0.15) is 0 Å². The quantitative estimate of drug-likeness (QED) is 0.376. The Morgan fingerprint density at radius 1 is 1.10 bits per heavy atom. The smallest absolute Gasteiger partial charge is 0.292 e. The van der Waals surface area contributed by atoms with Crippen molar-refractivity contribution >= 4 is 46.2 Å². The van der Waals surface area contributed by atoms with Crippen LogP contribution in [0.1, 0.15) is 5.56 Å². The van der Waals surface area contributed by atoms with Crippen molar-refractivity contribution < 1.29 is 9.66 Å². The summed E-state index contributed by atoms with van der Waals surface area (Å²) in [5.41, 5.74) is 6.19. The highest BCUT2D eigenvalue weighted by atomic mass is 35.5. The maximum Gasteiger partial charge on any atom is 0.292 e. The minimum Gasteiger partial charge on any atom is -0.487 e. The van der Waals surface area contributed by atoms with Crippen molar-refractivity contribution in [2.24, 2.45) is 0 Å². The van der Waals surface area contributed by atoms with Crippen molar-refractivity contribution in [3.05, 3.63) is 61.1 Å². The Morgan fingerprint density at radius 3 is 2.38 bits per heavy atom. The summed E-state index contributed by atoms with van der Waals surface area (Å²) >= 11 is 17.7. The molecule has 2 aromatic carbocycles. The van der Waals surface area contributed by atoms with Crippen molar-refractivity contribution in [3.63, 3.8) is 0 Å². The fraction of sp³-hybridized carbons (Fsp3) is 0.0769. The van der Waals surface area contributed by atoms with E-state index < -0.39 is 4.92 Å². The molecule has 0 heterocycles. The van der Waals surface area contributed by atoms with Crippen LogP contribution in [0.5, 0.6) is 5.75 Å². The van der Waals surface area contributed by atoms with Crippen molar-refractivity contribution in [3.8, 4) is 5.75 Å². The average Bonchev–Trinajstić information content (AvgIpc) is 2.41. The molecule has 8 heteroatoms. The Hall–Kier alpha value is -1.69. The molecule has 2 rings (SSSR count). The number of rotatable bonds is 4. The first-order chi connectivity index (χ1) is 9.88. The fourth-order valence-electron chi connectivity index (χ4n) is 1.64. The van der Waals surface area contributed by atoms with E-state index in [1.165, 1.54) is 24.3 Å². The third-order valence-electron chi connectivity index (χ3n) is 2.66. The van der Waals surface area contributed by atoms with Gasteiger partial charge in [0.1, 0.15) is 18.0 Å². The molecule has 0 spiro atoms. The van der Waals surface area contributed by atoms with Crippen LogP contribution in [0.25, 0.3) is 0 Å². The predicted octanol–water partition coefficient (Wildman–Crippen LogP) is 4.72. The second kappa shape index (κ2) is 6.39. The molecule has 5 nitrogen and oxygen atoms in total. The van der Waals surface area contributed by atoms with Gasteiger partial charge in [-0.3, -0.25) is 10.1 Å². The van der Waals surface area contributed by atoms with Crippen molar-refractivity contribution in [1.29, 1.82) is 0 Å². The molecule has 0 amide bonds. The van der Waals surface area contributed by atoms with Gasteiger partial charge < -0.3 is 10.5 Å². The van der Waals surface area contributed by atoms with E-state index in [0.29, 0.717) is 26.4 Å². The maximum atomic E-state index is 10.7. The Morgan fingerprint density at radius 2 is 1.76 bits per heavy atom. The third kappa shape index (κ3) is 3.69. The molecule has 0 aliphatic heterocycles. The molecule has 110 valence electrons. The van der Waals surface area contributed by atoms with Gasteiger partial charge in [-0.15, -0.1) is 0 Å². The van der Waals surface area contributed by atoms with Crippen molar-refractivity contribution in [2.75, 3.05) is 5.73 Å². The Balaban J connectivity index is 2.15. The van der Waals surface area contributed by atoms with Crippen molar-refractivity contribution in [2.45, 2.75) is 6.61 Å². The highest BCUT2D eigenvalue weighted by molar-refractivity contribution is 6.43. The predicted molar refractivity (Wildman–Crippen MR) is 83.3 cm³/mol. The lowest BCUT2D eigenvalue weighted by Crippen LogP contribution is -2.00. The lowest BCUT2D eigenvalue weighted by molar-refractivity contribution is -0.383. The number of ether oxygens (including phenoxy) is 1. The average molecular weight is 348 g/mol. The van der Waals surface area contributed by atoms with E-state index in [1.807, 2.05) is 0 Å². The standard InChI is InChI=1S/C13H9Cl3N2O3/c14-8-4-10(16)13(5-9(8)15)21-6-7-1-2-12(18(19)20)11(17)3-7/h1-5H,6,17H2. The van der Waals surface area contributed by atoms with Crippen LogP contribution < -0.4 is 10.5 Å². The number of nitrogens with zero attached hydrogens (tertiary/aromatic N) is 1. The molecule has 0 radical (unpaired) electrons. The van der Waals surface area contributed by atoms with E-state index in [2.05, 4.69) is 0 Å². The molecule has 0 aromatic heterocycles. The van der Waals surface area contributed by atoms with Crippen LogP contribution in [-0.2, 0) is 6.61 Å². The van der Waals surface area contributed by atoms with Gasteiger partial charge in [0, 0.05) is 12.1 Å². The summed E-state index contributed by atoms with van der Waals surface area (Å²) in [6, 6.07) is 7.33. The Labute approximate surface area is 135 Å². The molecule has 0 atom stereocenters. The molecule has 0 saturated carbocycles. The zero-order valence-electron chi connectivity index (χ0n) is 10.5. The summed E-state index contributed by atoms with van der Waals surface area (Å²) in [6.07, 6.45) is 0. The van der Waals surface area contributed by atoms with Gasteiger partial charge in [-0.25, -0.2) is 0 Å². The van der Waals surface area contributed by atoms with Crippen LogP contribution in [0.2, 0.25) is 15.1 Å². The second-order valence-electron chi connectivity index (χ2n) is 4.14. The highest BCUT2D eigenvalue weighted by Crippen LogP contribution is 2.34. The molecular formula is C13H9Cl3N2O3. The Bertz CT molecular complexity index is 707. The molecular weight excluding hydrogens is 339 g/mol.